The molecule has 0 unspecified atom stereocenters. The summed E-state index contributed by atoms with van der Waals surface area (Å²) in [5.74, 6) is -1.19. The number of carbonyl (C=O) groups excluding carboxylic acids is 3. The normalized spacial score (nSPS) is 14.2. The van der Waals surface area contributed by atoms with Crippen LogP contribution in [0.1, 0.15) is 18.1 Å². The van der Waals surface area contributed by atoms with Gasteiger partial charge in [0.05, 0.1) is 6.61 Å². The molecule has 0 bridgehead atoms. The van der Waals surface area contributed by atoms with Crippen LogP contribution in [0, 0.1) is 6.92 Å². The first-order chi connectivity index (χ1) is 11.5. The fourth-order valence-corrected chi connectivity index (χ4v) is 2.53. The first-order valence-electron chi connectivity index (χ1n) is 8.05. The van der Waals surface area contributed by atoms with Crippen molar-refractivity contribution in [1.82, 2.24) is 15.1 Å². The standard InChI is InChI=1S/C17H23N3O4/c1-3-24-17(23)20-9-7-19(8-10-20)16(22)15(21)18-12-14-6-4-5-13(2)11-14/h4-6,11H,3,7-10,12H2,1-2H3,(H,18,21). The molecular formula is C17H23N3O4. The van der Waals surface area contributed by atoms with Gasteiger partial charge in [-0.1, -0.05) is 29.8 Å². The van der Waals surface area contributed by atoms with Gasteiger partial charge in [-0.05, 0) is 19.4 Å². The van der Waals surface area contributed by atoms with Crippen molar-refractivity contribution in [2.24, 2.45) is 0 Å². The number of hydrogen-bond donors (Lipinski definition) is 1. The summed E-state index contributed by atoms with van der Waals surface area (Å²) < 4.78 is 4.93. The summed E-state index contributed by atoms with van der Waals surface area (Å²) in [5.41, 5.74) is 2.05. The van der Waals surface area contributed by atoms with Gasteiger partial charge >= 0.3 is 17.9 Å². The molecule has 1 fully saturated rings. The SMILES string of the molecule is CCOC(=O)N1CCN(C(=O)C(=O)NCc2cccc(C)c2)CC1. The molecule has 1 heterocycles. The number of nitrogens with one attached hydrogen (secondary N) is 1. The third-order valence-corrected chi connectivity index (χ3v) is 3.82. The minimum absolute atomic E-state index is 0.315. The van der Waals surface area contributed by atoms with Crippen LogP contribution >= 0.6 is 0 Å². The number of amides is 3. The Morgan fingerprint density at radius 3 is 2.42 bits per heavy atom. The van der Waals surface area contributed by atoms with Gasteiger partial charge in [0.2, 0.25) is 0 Å². The first-order valence-corrected chi connectivity index (χ1v) is 8.05. The zero-order valence-corrected chi connectivity index (χ0v) is 14.1. The van der Waals surface area contributed by atoms with E-state index in [0.29, 0.717) is 39.3 Å². The molecule has 2 rings (SSSR count). The Kier molecular flexibility index (Phi) is 6.17. The lowest BCUT2D eigenvalue weighted by atomic mass is 10.1. The molecule has 24 heavy (non-hydrogen) atoms. The lowest BCUT2D eigenvalue weighted by Gasteiger charge is -2.33. The van der Waals surface area contributed by atoms with E-state index in [0.717, 1.165) is 11.1 Å². The largest absolute Gasteiger partial charge is 0.450 e. The highest BCUT2D eigenvalue weighted by Gasteiger charge is 2.28. The fraction of sp³-hybridized carbons (Fsp3) is 0.471. The van der Waals surface area contributed by atoms with Gasteiger partial charge in [-0.25, -0.2) is 4.79 Å². The predicted molar refractivity (Wildman–Crippen MR) is 88.2 cm³/mol. The van der Waals surface area contributed by atoms with Crippen LogP contribution in [-0.2, 0) is 20.9 Å². The fourth-order valence-electron chi connectivity index (χ4n) is 2.53. The maximum Gasteiger partial charge on any atom is 0.409 e. The Morgan fingerprint density at radius 2 is 1.79 bits per heavy atom. The van der Waals surface area contributed by atoms with E-state index in [4.69, 9.17) is 4.74 Å². The molecule has 0 radical (unpaired) electrons. The van der Waals surface area contributed by atoms with Crippen LogP contribution in [0.4, 0.5) is 4.79 Å². The number of carbonyl (C=O) groups is 3. The molecule has 130 valence electrons. The molecule has 7 nitrogen and oxygen atoms in total. The van der Waals surface area contributed by atoms with E-state index in [9.17, 15) is 14.4 Å². The summed E-state index contributed by atoms with van der Waals surface area (Å²) in [6.07, 6.45) is -0.381. The number of nitrogens with zero attached hydrogens (tertiary/aromatic N) is 2. The van der Waals surface area contributed by atoms with Gasteiger partial charge in [-0.2, -0.15) is 0 Å². The van der Waals surface area contributed by atoms with Crippen LogP contribution in [0.5, 0.6) is 0 Å². The number of piperazine rings is 1. The molecule has 0 saturated carbocycles. The number of ether oxygens (including phenoxy) is 1. The molecule has 1 N–H and O–H groups in total. The average Bonchev–Trinajstić information content (AvgIpc) is 2.59. The quantitative estimate of drug-likeness (QED) is 0.834. The van der Waals surface area contributed by atoms with Crippen molar-refractivity contribution in [3.63, 3.8) is 0 Å². The van der Waals surface area contributed by atoms with Crippen LogP contribution in [0.3, 0.4) is 0 Å². The zero-order chi connectivity index (χ0) is 17.5. The van der Waals surface area contributed by atoms with Crippen LogP contribution in [0.15, 0.2) is 24.3 Å². The van der Waals surface area contributed by atoms with Crippen molar-refractivity contribution in [3.05, 3.63) is 35.4 Å². The monoisotopic (exact) mass is 333 g/mol. The summed E-state index contributed by atoms with van der Waals surface area (Å²) in [4.78, 5) is 38.8. The smallest absolute Gasteiger partial charge is 0.409 e. The molecule has 3 amide bonds. The van der Waals surface area contributed by atoms with E-state index in [-0.39, 0.29) is 6.09 Å². The Morgan fingerprint density at radius 1 is 1.12 bits per heavy atom. The second-order valence-corrected chi connectivity index (χ2v) is 5.65. The topological polar surface area (TPSA) is 79.0 Å². The Hall–Kier alpha value is -2.57. The van der Waals surface area contributed by atoms with E-state index in [1.807, 2.05) is 31.2 Å². The maximum atomic E-state index is 12.2. The van der Waals surface area contributed by atoms with E-state index in [1.54, 1.807) is 6.92 Å². The van der Waals surface area contributed by atoms with Crippen molar-refractivity contribution < 1.29 is 19.1 Å². The van der Waals surface area contributed by atoms with Gasteiger partial charge < -0.3 is 19.9 Å². The van der Waals surface area contributed by atoms with Crippen molar-refractivity contribution in [3.8, 4) is 0 Å². The second kappa shape index (κ2) is 8.33. The van der Waals surface area contributed by atoms with Gasteiger partial charge in [-0.3, -0.25) is 9.59 Å². The highest BCUT2D eigenvalue weighted by atomic mass is 16.6. The molecular weight excluding hydrogens is 310 g/mol. The van der Waals surface area contributed by atoms with Gasteiger partial charge in [0, 0.05) is 32.7 Å². The average molecular weight is 333 g/mol. The predicted octanol–water partition coefficient (Wildman–Crippen LogP) is 0.912. The van der Waals surface area contributed by atoms with Crippen LogP contribution in [-0.4, -0.2) is 60.5 Å². The van der Waals surface area contributed by atoms with E-state index < -0.39 is 11.8 Å². The molecule has 0 spiro atoms. The van der Waals surface area contributed by atoms with Gasteiger partial charge in [0.1, 0.15) is 0 Å². The molecule has 7 heteroatoms. The third-order valence-electron chi connectivity index (χ3n) is 3.82. The maximum absolute atomic E-state index is 12.2. The summed E-state index contributed by atoms with van der Waals surface area (Å²) >= 11 is 0. The Bertz CT molecular complexity index is 610. The minimum atomic E-state index is -0.624. The lowest BCUT2D eigenvalue weighted by Crippen LogP contribution is -2.53. The summed E-state index contributed by atoms with van der Waals surface area (Å²) in [5, 5.41) is 2.64. The summed E-state index contributed by atoms with van der Waals surface area (Å²) in [7, 11) is 0. The van der Waals surface area contributed by atoms with Gasteiger partial charge in [0.15, 0.2) is 0 Å². The van der Waals surface area contributed by atoms with Crippen molar-refractivity contribution in [2.45, 2.75) is 20.4 Å². The van der Waals surface area contributed by atoms with Crippen LogP contribution in [0.2, 0.25) is 0 Å². The molecule has 1 aliphatic rings. The van der Waals surface area contributed by atoms with Crippen LogP contribution < -0.4 is 5.32 Å². The molecule has 1 aromatic rings. The van der Waals surface area contributed by atoms with Crippen molar-refractivity contribution >= 4 is 17.9 Å². The summed E-state index contributed by atoms with van der Waals surface area (Å²) in [6.45, 7) is 5.75. The number of benzene rings is 1. The van der Waals surface area contributed by atoms with Crippen molar-refractivity contribution in [1.29, 1.82) is 0 Å². The first kappa shape index (κ1) is 17.8. The molecule has 1 aromatic carbocycles. The van der Waals surface area contributed by atoms with E-state index in [1.165, 1.54) is 9.80 Å². The molecule has 0 aliphatic carbocycles. The Labute approximate surface area is 141 Å². The van der Waals surface area contributed by atoms with Gasteiger partial charge in [0.25, 0.3) is 0 Å². The molecule has 0 aromatic heterocycles. The van der Waals surface area contributed by atoms with Gasteiger partial charge in [-0.15, -0.1) is 0 Å². The second-order valence-electron chi connectivity index (χ2n) is 5.65. The molecule has 1 aliphatic heterocycles. The third kappa shape index (κ3) is 4.71. The number of hydrogen-bond acceptors (Lipinski definition) is 4. The zero-order valence-electron chi connectivity index (χ0n) is 14.1. The highest BCUT2D eigenvalue weighted by molar-refractivity contribution is 6.35. The van der Waals surface area contributed by atoms with E-state index in [2.05, 4.69) is 5.32 Å². The lowest BCUT2D eigenvalue weighted by molar-refractivity contribution is -0.146. The highest BCUT2D eigenvalue weighted by Crippen LogP contribution is 2.06. The Balaban J connectivity index is 1.79. The summed E-state index contributed by atoms with van der Waals surface area (Å²) in [6, 6.07) is 7.74. The molecule has 1 saturated heterocycles. The van der Waals surface area contributed by atoms with Crippen LogP contribution in [0.25, 0.3) is 0 Å². The van der Waals surface area contributed by atoms with Crippen molar-refractivity contribution in [2.75, 3.05) is 32.8 Å². The minimum Gasteiger partial charge on any atom is -0.450 e. The molecule has 0 atom stereocenters. The number of aryl methyl sites for hydroxylation is 1. The number of rotatable bonds is 3. The van der Waals surface area contributed by atoms with E-state index >= 15 is 0 Å².